The molecule has 3 heterocycles. The summed E-state index contributed by atoms with van der Waals surface area (Å²) in [7, 11) is 3.27. The standard InChI is InChI=1S/C41H52F3N7O6/c1-23(2)51(27-15-24(16-27)7-12-35(52)49-32-11-10-29(18-31(32)45)55-41(42,43)44)21-26-17-33(37-36(26)56-40(3,4)57-37)50-14-13-30-38(47-22-48-39(30)50)46-20-25-8-9-28(53-5)19-34(25)54-6/h8-11,13-14,18-19,22-24,26-27,33,36-37H,7,12,15-17,20-21,45H2,1-6H3,(H,49,52)(H,46,47,48)/t24?,26-,27?,33-,36-,37+/m1/s1. The first-order valence-electron chi connectivity index (χ1n) is 19.4. The van der Waals surface area contributed by atoms with E-state index < -0.39 is 17.9 Å². The molecule has 2 aromatic heterocycles. The van der Waals surface area contributed by atoms with Crippen LogP contribution in [0, 0.1) is 11.8 Å². The Balaban J connectivity index is 0.974. The van der Waals surface area contributed by atoms with Crippen LogP contribution < -0.4 is 30.6 Å². The van der Waals surface area contributed by atoms with Gasteiger partial charge in [-0.1, -0.05) is 0 Å². The van der Waals surface area contributed by atoms with E-state index in [0.717, 1.165) is 71.9 Å². The van der Waals surface area contributed by atoms with Gasteiger partial charge in [-0.05, 0) is 89.6 Å². The van der Waals surface area contributed by atoms with E-state index in [-0.39, 0.29) is 47.9 Å². The number of benzene rings is 2. The fourth-order valence-corrected chi connectivity index (χ4v) is 8.72. The molecule has 57 heavy (non-hydrogen) atoms. The van der Waals surface area contributed by atoms with Crippen molar-refractivity contribution in [2.24, 2.45) is 11.8 Å². The third kappa shape index (κ3) is 9.02. The fraction of sp³-hybridized carbons (Fsp3) is 0.537. The van der Waals surface area contributed by atoms with Crippen molar-refractivity contribution in [2.45, 2.75) is 109 Å². The van der Waals surface area contributed by atoms with Gasteiger partial charge in [0.05, 0.1) is 43.1 Å². The summed E-state index contributed by atoms with van der Waals surface area (Å²) in [6, 6.07) is 12.0. The molecule has 0 unspecified atom stereocenters. The molecule has 2 aliphatic carbocycles. The van der Waals surface area contributed by atoms with Gasteiger partial charge in [-0.2, -0.15) is 0 Å². The summed E-state index contributed by atoms with van der Waals surface area (Å²) in [6.07, 6.45) is 2.40. The minimum Gasteiger partial charge on any atom is -0.497 e. The Morgan fingerprint density at radius 2 is 1.79 bits per heavy atom. The molecule has 1 saturated heterocycles. The Morgan fingerprint density at radius 3 is 2.49 bits per heavy atom. The van der Waals surface area contributed by atoms with Crippen LogP contribution in [0.1, 0.15) is 71.4 Å². The van der Waals surface area contributed by atoms with Crippen molar-refractivity contribution in [3.63, 3.8) is 0 Å². The number of nitrogen functional groups attached to an aromatic ring is 1. The summed E-state index contributed by atoms with van der Waals surface area (Å²) in [4.78, 5) is 24.7. The van der Waals surface area contributed by atoms with Gasteiger partial charge in [-0.3, -0.25) is 9.69 Å². The summed E-state index contributed by atoms with van der Waals surface area (Å²) in [5, 5.41) is 7.12. The number of rotatable bonds is 15. The number of hydrogen-bond acceptors (Lipinski definition) is 11. The van der Waals surface area contributed by atoms with Gasteiger partial charge < -0.3 is 44.6 Å². The van der Waals surface area contributed by atoms with Crippen LogP contribution in [-0.4, -0.2) is 82.5 Å². The van der Waals surface area contributed by atoms with Gasteiger partial charge in [0.1, 0.15) is 41.1 Å². The highest BCUT2D eigenvalue weighted by Gasteiger charge is 2.55. The molecule has 1 amide bonds. The monoisotopic (exact) mass is 795 g/mol. The molecule has 4 aromatic rings. The quantitative estimate of drug-likeness (QED) is 0.103. The highest BCUT2D eigenvalue weighted by Crippen LogP contribution is 2.49. The maximum absolute atomic E-state index is 12.8. The molecular formula is C41H52F3N7O6. The van der Waals surface area contributed by atoms with Crippen molar-refractivity contribution in [3.05, 3.63) is 60.6 Å². The van der Waals surface area contributed by atoms with Crippen LogP contribution in [0.3, 0.4) is 0 Å². The van der Waals surface area contributed by atoms with E-state index in [9.17, 15) is 18.0 Å². The second-order valence-corrected chi connectivity index (χ2v) is 16.0. The molecule has 4 N–H and O–H groups in total. The number of aromatic nitrogens is 3. The molecule has 0 bridgehead atoms. The van der Waals surface area contributed by atoms with Gasteiger partial charge in [0.15, 0.2) is 5.79 Å². The number of nitrogens with zero attached hydrogens (tertiary/aromatic N) is 4. The predicted molar refractivity (Wildman–Crippen MR) is 209 cm³/mol. The molecule has 4 atom stereocenters. The lowest BCUT2D eigenvalue weighted by Crippen LogP contribution is -2.51. The van der Waals surface area contributed by atoms with Crippen molar-refractivity contribution >= 4 is 34.1 Å². The van der Waals surface area contributed by atoms with Crippen LogP contribution in [0.4, 0.5) is 30.4 Å². The minimum atomic E-state index is -4.83. The maximum Gasteiger partial charge on any atom is 0.573 e. The van der Waals surface area contributed by atoms with E-state index in [0.29, 0.717) is 31.0 Å². The summed E-state index contributed by atoms with van der Waals surface area (Å²) < 4.78 is 68.0. The second-order valence-electron chi connectivity index (χ2n) is 16.0. The molecule has 0 spiro atoms. The summed E-state index contributed by atoms with van der Waals surface area (Å²) in [5.41, 5.74) is 7.94. The number of alkyl halides is 3. The van der Waals surface area contributed by atoms with E-state index in [1.165, 1.54) is 6.07 Å². The predicted octanol–water partition coefficient (Wildman–Crippen LogP) is 7.53. The first-order valence-corrected chi connectivity index (χ1v) is 19.4. The van der Waals surface area contributed by atoms with E-state index in [4.69, 9.17) is 29.7 Å². The molecule has 308 valence electrons. The zero-order valence-electron chi connectivity index (χ0n) is 33.1. The normalized spacial score (nSPS) is 24.1. The molecule has 2 aromatic carbocycles. The van der Waals surface area contributed by atoms with Gasteiger partial charge in [-0.15, -0.1) is 13.2 Å². The largest absolute Gasteiger partial charge is 0.573 e. The van der Waals surface area contributed by atoms with Crippen LogP contribution in [0.2, 0.25) is 0 Å². The SMILES string of the molecule is COc1ccc(CNc2ncnc3c2ccn3[C@@H]2C[C@H](CN(C(C)C)C3CC(CCC(=O)Nc4ccc(OC(F)(F)F)cc4N)C3)[C@H]3OC(C)(C)O[C@H]32)c(OC)c1. The molecule has 1 aliphatic heterocycles. The number of fused-ring (bicyclic) bond motifs is 2. The van der Waals surface area contributed by atoms with Crippen LogP contribution >= 0.6 is 0 Å². The molecule has 3 fully saturated rings. The number of carbonyl (C=O) groups excluding carboxylic acids is 1. The van der Waals surface area contributed by atoms with E-state index in [2.05, 4.69) is 55.9 Å². The molecule has 7 rings (SSSR count). The van der Waals surface area contributed by atoms with Crippen molar-refractivity contribution < 1.29 is 41.7 Å². The number of amides is 1. The number of halogens is 3. The van der Waals surface area contributed by atoms with E-state index >= 15 is 0 Å². The van der Waals surface area contributed by atoms with Crippen molar-refractivity contribution in [1.29, 1.82) is 0 Å². The third-order valence-corrected chi connectivity index (χ3v) is 11.5. The second kappa shape index (κ2) is 16.2. The zero-order chi connectivity index (χ0) is 40.6. The maximum atomic E-state index is 12.8. The van der Waals surface area contributed by atoms with Crippen molar-refractivity contribution in [3.8, 4) is 17.2 Å². The molecule has 3 aliphatic rings. The molecule has 0 radical (unpaired) electrons. The van der Waals surface area contributed by atoms with Crippen LogP contribution in [0.25, 0.3) is 11.0 Å². The van der Waals surface area contributed by atoms with Gasteiger partial charge in [0, 0.05) is 61.4 Å². The van der Waals surface area contributed by atoms with Crippen LogP contribution in [0.15, 0.2) is 55.0 Å². The number of anilines is 3. The Kier molecular flexibility index (Phi) is 11.5. The van der Waals surface area contributed by atoms with Gasteiger partial charge in [0.2, 0.25) is 5.91 Å². The van der Waals surface area contributed by atoms with Crippen LogP contribution in [0.5, 0.6) is 17.2 Å². The van der Waals surface area contributed by atoms with Gasteiger partial charge in [0.25, 0.3) is 0 Å². The van der Waals surface area contributed by atoms with Crippen molar-refractivity contribution in [2.75, 3.05) is 37.1 Å². The first kappa shape index (κ1) is 40.4. The first-order chi connectivity index (χ1) is 27.1. The number of methoxy groups -OCH3 is 2. The number of nitrogens with two attached hydrogens (primary N) is 1. The van der Waals surface area contributed by atoms with E-state index in [1.54, 1.807) is 20.5 Å². The summed E-state index contributed by atoms with van der Waals surface area (Å²) in [6.45, 7) is 9.76. The average molecular weight is 796 g/mol. The lowest BCUT2D eigenvalue weighted by molar-refractivity contribution is -0.274. The number of ether oxygens (including phenoxy) is 5. The van der Waals surface area contributed by atoms with E-state index in [1.807, 2.05) is 32.0 Å². The molecule has 2 saturated carbocycles. The lowest BCUT2D eigenvalue weighted by atomic mass is 9.76. The smallest absolute Gasteiger partial charge is 0.497 e. The Bertz CT molecular complexity index is 2050. The van der Waals surface area contributed by atoms with Crippen LogP contribution in [-0.2, 0) is 20.8 Å². The Morgan fingerprint density at radius 1 is 1.04 bits per heavy atom. The van der Waals surface area contributed by atoms with Gasteiger partial charge in [-0.25, -0.2) is 9.97 Å². The topological polar surface area (TPSA) is 147 Å². The highest BCUT2D eigenvalue weighted by atomic mass is 19.4. The lowest BCUT2D eigenvalue weighted by Gasteiger charge is -2.46. The fourth-order valence-electron chi connectivity index (χ4n) is 8.72. The average Bonchev–Trinajstić information content (AvgIpc) is 3.80. The molecular weight excluding hydrogens is 743 g/mol. The zero-order valence-corrected chi connectivity index (χ0v) is 33.1. The molecule has 16 heteroatoms. The van der Waals surface area contributed by atoms with Crippen molar-refractivity contribution in [1.82, 2.24) is 19.4 Å². The third-order valence-electron chi connectivity index (χ3n) is 11.5. The van der Waals surface area contributed by atoms with Gasteiger partial charge >= 0.3 is 6.36 Å². The number of nitrogens with one attached hydrogen (secondary N) is 2. The summed E-state index contributed by atoms with van der Waals surface area (Å²) >= 11 is 0. The summed E-state index contributed by atoms with van der Waals surface area (Å²) in [5.74, 6) is 1.39. The Labute approximate surface area is 330 Å². The number of hydrogen-bond donors (Lipinski definition) is 3. The Hall–Kier alpha value is -4.80. The minimum absolute atomic E-state index is 0.0000626. The highest BCUT2D eigenvalue weighted by molar-refractivity contribution is 5.94. The number of carbonyl (C=O) groups is 1. The molecule has 13 nitrogen and oxygen atoms in total.